The van der Waals surface area contributed by atoms with E-state index in [-0.39, 0.29) is 0 Å². The van der Waals surface area contributed by atoms with Crippen molar-refractivity contribution < 1.29 is 0 Å². The van der Waals surface area contributed by atoms with Crippen LogP contribution in [-0.2, 0) is 0 Å². The van der Waals surface area contributed by atoms with E-state index in [0.29, 0.717) is 10.3 Å². The summed E-state index contributed by atoms with van der Waals surface area (Å²) < 4.78 is -1.25. The molecule has 0 amide bonds. The Balaban J connectivity index is 2.76. The molecule has 6 heteroatoms. The van der Waals surface area contributed by atoms with Crippen molar-refractivity contribution in [1.29, 1.82) is 0 Å². The number of hydrogen-bond acceptors (Lipinski definition) is 0. The van der Waals surface area contributed by atoms with Gasteiger partial charge in [0.25, 0.3) is 0 Å². The zero-order chi connectivity index (χ0) is 11.4. The summed E-state index contributed by atoms with van der Waals surface area (Å²) in [6, 6.07) is 0. The normalized spacial score (nSPS) is 39.4. The Kier molecular flexibility index (Phi) is 4.55. The predicted octanol–water partition coefficient (Wildman–Crippen LogP) is 2.87. The molecule has 1 heterocycles. The summed E-state index contributed by atoms with van der Waals surface area (Å²) in [5.74, 6) is 0. The van der Waals surface area contributed by atoms with Gasteiger partial charge >= 0.3 is 118 Å². The third-order valence-corrected chi connectivity index (χ3v) is 98.1. The van der Waals surface area contributed by atoms with Gasteiger partial charge in [-0.3, -0.25) is 0 Å². The molecule has 1 saturated heterocycles. The van der Waals surface area contributed by atoms with Crippen LogP contribution in [0.3, 0.4) is 0 Å². The minimum absolute atomic E-state index is 0.575. The second-order valence-electron chi connectivity index (χ2n) is 5.50. The Hall–Kier alpha value is 2.94. The van der Waals surface area contributed by atoms with Crippen molar-refractivity contribution in [2.45, 2.75) is 51.9 Å². The van der Waals surface area contributed by atoms with Crippen molar-refractivity contribution in [3.63, 3.8) is 0 Å². The summed E-state index contributed by atoms with van der Waals surface area (Å²) in [4.78, 5) is 0. The molecule has 0 atom stereocenters. The topological polar surface area (TPSA) is 0 Å². The fourth-order valence-corrected chi connectivity index (χ4v) is 168. The molecule has 14 heavy (non-hydrogen) atoms. The van der Waals surface area contributed by atoms with E-state index in [4.69, 9.17) is 0 Å². The quantitative estimate of drug-likeness (QED) is 0.361. The molecule has 0 saturated carbocycles. The molecular formula is C8H18P2Se4. The Morgan fingerprint density at radius 3 is 1.07 bits per heavy atom. The molecule has 0 spiro atoms. The standard InChI is InChI=1S/C8H18P2Se4/c1-7(2,3)9(11)13-10(12,14-9)8(4,5)6/h1-6H3. The second kappa shape index (κ2) is 4.25. The molecule has 0 aliphatic carbocycles. The van der Waals surface area contributed by atoms with Gasteiger partial charge in [-0.05, 0) is 0 Å². The molecule has 0 radical (unpaired) electrons. The fraction of sp³-hybridized carbons (Fsp3) is 1.00. The van der Waals surface area contributed by atoms with E-state index in [0.717, 1.165) is 28.1 Å². The Labute approximate surface area is 117 Å². The van der Waals surface area contributed by atoms with E-state index in [1.165, 1.54) is 0 Å². The van der Waals surface area contributed by atoms with E-state index in [1.54, 1.807) is 0 Å². The first-order chi connectivity index (χ1) is 5.91. The predicted molar refractivity (Wildman–Crippen MR) is 76.4 cm³/mol. The molecule has 1 fully saturated rings. The van der Waals surface area contributed by atoms with E-state index in [2.05, 4.69) is 72.7 Å². The molecular weight excluding hydrogens is 474 g/mol. The van der Waals surface area contributed by atoms with Crippen LogP contribution in [0.15, 0.2) is 0 Å². The van der Waals surface area contributed by atoms with Crippen LogP contribution in [0.2, 0.25) is 0 Å². The number of rotatable bonds is 0. The van der Waals surface area contributed by atoms with E-state index in [1.807, 2.05) is 0 Å². The van der Waals surface area contributed by atoms with Crippen LogP contribution in [-0.4, -0.2) is 69.6 Å². The SMILES string of the molecule is CC(C)(C)[P+]1([Se-])[Se][P+]([Se-])(C(C)(C)C)[Se]1. The molecule has 84 valence electrons. The van der Waals surface area contributed by atoms with Gasteiger partial charge in [0.15, 0.2) is 0 Å². The maximum atomic E-state index is 3.63. The van der Waals surface area contributed by atoms with Crippen LogP contribution in [0.5, 0.6) is 0 Å². The van der Waals surface area contributed by atoms with Crippen LogP contribution in [0, 0.1) is 0 Å². The van der Waals surface area contributed by atoms with Gasteiger partial charge < -0.3 is 0 Å². The van der Waals surface area contributed by atoms with Crippen LogP contribution in [0.25, 0.3) is 0 Å². The Morgan fingerprint density at radius 2 is 0.929 bits per heavy atom. The molecule has 0 unspecified atom stereocenters. The summed E-state index contributed by atoms with van der Waals surface area (Å²) in [6.45, 7) is 14.6. The first kappa shape index (κ1) is 15.0. The van der Waals surface area contributed by atoms with Gasteiger partial charge in [0.1, 0.15) is 0 Å². The first-order valence-electron chi connectivity index (χ1n) is 4.54. The van der Waals surface area contributed by atoms with Crippen LogP contribution >= 0.6 is 6.66 Å². The fourth-order valence-electron chi connectivity index (χ4n) is 0.779. The van der Waals surface area contributed by atoms with Crippen LogP contribution in [0.4, 0.5) is 0 Å². The summed E-state index contributed by atoms with van der Waals surface area (Å²) >= 11 is 9.09. The summed E-state index contributed by atoms with van der Waals surface area (Å²) in [5, 5.41) is 1.15. The van der Waals surface area contributed by atoms with E-state index in [9.17, 15) is 0 Å². The van der Waals surface area contributed by atoms with Gasteiger partial charge in [-0.1, -0.05) is 0 Å². The monoisotopic (exact) mass is 496 g/mol. The maximum absolute atomic E-state index is 3.63. The van der Waals surface area contributed by atoms with E-state index >= 15 is 0 Å². The van der Waals surface area contributed by atoms with Gasteiger partial charge in [0.05, 0.1) is 0 Å². The van der Waals surface area contributed by atoms with Crippen molar-refractivity contribution in [3.8, 4) is 0 Å². The third kappa shape index (κ3) is 2.67. The summed E-state index contributed by atoms with van der Waals surface area (Å²) in [7, 11) is 0. The molecule has 0 N–H and O–H groups in total. The zero-order valence-corrected chi connectivity index (χ0v) is 18.2. The second-order valence-corrected chi connectivity index (χ2v) is 59.4. The first-order valence-corrected chi connectivity index (χ1v) is 21.4. The number of hydrogen-bond donors (Lipinski definition) is 0. The summed E-state index contributed by atoms with van der Waals surface area (Å²) in [6.07, 6.45) is 0. The third-order valence-electron chi connectivity index (χ3n) is 2.07. The van der Waals surface area contributed by atoms with Crippen molar-refractivity contribution in [2.24, 2.45) is 0 Å². The van der Waals surface area contributed by atoms with Gasteiger partial charge in [0, 0.05) is 0 Å². The zero-order valence-electron chi connectivity index (χ0n) is 9.53. The molecule has 0 bridgehead atoms. The average molecular weight is 492 g/mol. The van der Waals surface area contributed by atoms with Gasteiger partial charge in [-0.15, -0.1) is 0 Å². The molecule has 1 aliphatic heterocycles. The van der Waals surface area contributed by atoms with Crippen molar-refractivity contribution in [1.82, 2.24) is 0 Å². The van der Waals surface area contributed by atoms with Crippen LogP contribution < -0.4 is 0 Å². The van der Waals surface area contributed by atoms with Gasteiger partial charge in [-0.25, -0.2) is 0 Å². The Bertz CT molecular complexity index is 211. The molecule has 0 aromatic carbocycles. The molecule has 1 rings (SSSR count). The summed E-state index contributed by atoms with van der Waals surface area (Å²) in [5.41, 5.74) is 0. The minimum atomic E-state index is -0.627. The van der Waals surface area contributed by atoms with Crippen molar-refractivity contribution in [2.75, 3.05) is 0 Å². The molecule has 0 aromatic heterocycles. The average Bonchev–Trinajstić information content (AvgIpc) is 1.78. The van der Waals surface area contributed by atoms with Crippen LogP contribution in [0.1, 0.15) is 41.5 Å². The molecule has 1 aliphatic rings. The van der Waals surface area contributed by atoms with Crippen molar-refractivity contribution >= 4 is 65.9 Å². The van der Waals surface area contributed by atoms with E-state index < -0.39 is 6.66 Å². The van der Waals surface area contributed by atoms with Gasteiger partial charge in [0.2, 0.25) is 0 Å². The molecule has 0 nitrogen and oxygen atoms in total. The molecule has 0 aromatic rings. The Morgan fingerprint density at radius 1 is 0.714 bits per heavy atom. The van der Waals surface area contributed by atoms with Crippen molar-refractivity contribution in [3.05, 3.63) is 0 Å². The van der Waals surface area contributed by atoms with Gasteiger partial charge in [-0.2, -0.15) is 0 Å².